The lowest BCUT2D eigenvalue weighted by Crippen LogP contribution is -2.12. The van der Waals surface area contributed by atoms with Gasteiger partial charge in [-0.05, 0) is 53.1 Å². The van der Waals surface area contributed by atoms with Crippen molar-refractivity contribution in [1.29, 1.82) is 0 Å². The molecule has 1 amide bonds. The molecule has 0 aliphatic heterocycles. The quantitative estimate of drug-likeness (QED) is 0.514. The summed E-state index contributed by atoms with van der Waals surface area (Å²) >= 11 is 3.45. The van der Waals surface area contributed by atoms with Crippen LogP contribution in [0.5, 0.6) is 0 Å². The summed E-state index contributed by atoms with van der Waals surface area (Å²) in [7, 11) is 0. The third kappa shape index (κ3) is 4.44. The lowest BCUT2D eigenvalue weighted by molar-refractivity contribution is -0.132. The number of nitrogens with one attached hydrogen (secondary N) is 1. The average Bonchev–Trinajstić information content (AvgIpc) is 2.65. The van der Waals surface area contributed by atoms with Gasteiger partial charge < -0.3 is 10.4 Å². The SMILES string of the molecule is CCC(=Cc1cccc(NC(=O)c2cc(Br)cc3ccccc23)c1)C(=O)O. The predicted octanol–water partition coefficient (Wildman–Crippen LogP) is 5.73. The van der Waals surface area contributed by atoms with Gasteiger partial charge in [-0.1, -0.05) is 59.3 Å². The third-order valence-electron chi connectivity index (χ3n) is 4.21. The minimum atomic E-state index is -0.937. The normalized spacial score (nSPS) is 11.4. The molecule has 0 bridgehead atoms. The molecule has 0 heterocycles. The van der Waals surface area contributed by atoms with Crippen LogP contribution in [-0.4, -0.2) is 17.0 Å². The van der Waals surface area contributed by atoms with E-state index < -0.39 is 5.97 Å². The molecule has 0 unspecified atom stereocenters. The van der Waals surface area contributed by atoms with Crippen LogP contribution >= 0.6 is 15.9 Å². The van der Waals surface area contributed by atoms with E-state index in [1.54, 1.807) is 37.3 Å². The van der Waals surface area contributed by atoms with Crippen molar-refractivity contribution in [2.24, 2.45) is 0 Å². The Bertz CT molecular complexity index is 1060. The number of anilines is 1. The number of benzene rings is 3. The Labute approximate surface area is 165 Å². The summed E-state index contributed by atoms with van der Waals surface area (Å²) < 4.78 is 0.831. The first-order chi connectivity index (χ1) is 13.0. The minimum Gasteiger partial charge on any atom is -0.478 e. The maximum Gasteiger partial charge on any atom is 0.331 e. The Hall–Kier alpha value is -2.92. The first-order valence-electron chi connectivity index (χ1n) is 8.51. The van der Waals surface area contributed by atoms with Crippen molar-refractivity contribution < 1.29 is 14.7 Å². The number of aliphatic carboxylic acids is 1. The molecule has 3 rings (SSSR count). The van der Waals surface area contributed by atoms with Crippen LogP contribution in [0, 0.1) is 0 Å². The van der Waals surface area contributed by atoms with Crippen LogP contribution in [0.2, 0.25) is 0 Å². The van der Waals surface area contributed by atoms with Gasteiger partial charge in [0.15, 0.2) is 0 Å². The summed E-state index contributed by atoms with van der Waals surface area (Å²) in [4.78, 5) is 24.0. The molecule has 0 spiro atoms. The van der Waals surface area contributed by atoms with Crippen molar-refractivity contribution in [3.05, 3.63) is 81.8 Å². The summed E-state index contributed by atoms with van der Waals surface area (Å²) in [5, 5.41) is 13.9. The Morgan fingerprint density at radius 2 is 1.85 bits per heavy atom. The van der Waals surface area contributed by atoms with Gasteiger partial charge in [0.1, 0.15) is 0 Å². The molecule has 27 heavy (non-hydrogen) atoms. The molecule has 2 N–H and O–H groups in total. The Morgan fingerprint density at radius 1 is 1.07 bits per heavy atom. The number of halogens is 1. The van der Waals surface area contributed by atoms with Crippen molar-refractivity contribution in [2.75, 3.05) is 5.32 Å². The lowest BCUT2D eigenvalue weighted by atomic mass is 10.0. The molecule has 0 saturated carbocycles. The zero-order chi connectivity index (χ0) is 19.4. The highest BCUT2D eigenvalue weighted by Gasteiger charge is 2.12. The summed E-state index contributed by atoms with van der Waals surface area (Å²) in [6.45, 7) is 1.80. The van der Waals surface area contributed by atoms with Crippen LogP contribution in [-0.2, 0) is 4.79 Å². The van der Waals surface area contributed by atoms with E-state index in [1.807, 2.05) is 36.4 Å². The highest BCUT2D eigenvalue weighted by molar-refractivity contribution is 9.10. The van der Waals surface area contributed by atoms with E-state index in [0.29, 0.717) is 23.2 Å². The predicted molar refractivity (Wildman–Crippen MR) is 112 cm³/mol. The molecule has 3 aromatic rings. The van der Waals surface area contributed by atoms with Crippen molar-refractivity contribution in [3.63, 3.8) is 0 Å². The highest BCUT2D eigenvalue weighted by Crippen LogP contribution is 2.25. The van der Waals surface area contributed by atoms with Gasteiger partial charge in [0.25, 0.3) is 5.91 Å². The van der Waals surface area contributed by atoms with Crippen LogP contribution in [0.25, 0.3) is 16.8 Å². The molecule has 3 aromatic carbocycles. The molecule has 0 aromatic heterocycles. The second-order valence-electron chi connectivity index (χ2n) is 6.08. The summed E-state index contributed by atoms with van der Waals surface area (Å²) in [5.41, 5.74) is 2.22. The molecule has 0 radical (unpaired) electrons. The minimum absolute atomic E-state index is 0.220. The van der Waals surface area contributed by atoms with E-state index in [4.69, 9.17) is 0 Å². The molecule has 5 heteroatoms. The zero-order valence-electron chi connectivity index (χ0n) is 14.7. The molecule has 0 atom stereocenters. The van der Waals surface area contributed by atoms with E-state index in [2.05, 4.69) is 21.2 Å². The number of carboxylic acid groups (broad SMARTS) is 1. The van der Waals surface area contributed by atoms with Gasteiger partial charge >= 0.3 is 5.97 Å². The molecule has 0 aliphatic carbocycles. The van der Waals surface area contributed by atoms with Gasteiger partial charge in [-0.2, -0.15) is 0 Å². The fraction of sp³-hybridized carbons (Fsp3) is 0.0909. The van der Waals surface area contributed by atoms with Gasteiger partial charge in [-0.3, -0.25) is 4.79 Å². The Balaban J connectivity index is 1.92. The molecule has 136 valence electrons. The number of carboxylic acids is 1. The van der Waals surface area contributed by atoms with Crippen LogP contribution in [0.3, 0.4) is 0 Å². The average molecular weight is 424 g/mol. The zero-order valence-corrected chi connectivity index (χ0v) is 16.3. The molecular weight excluding hydrogens is 406 g/mol. The fourth-order valence-corrected chi connectivity index (χ4v) is 3.36. The standard InChI is InChI=1S/C22H18BrNO3/c1-2-15(22(26)27)10-14-6-5-8-18(11-14)24-21(25)20-13-17(23)12-16-7-3-4-9-19(16)20/h3-13H,2H2,1H3,(H,24,25)(H,26,27). The first kappa shape index (κ1) is 18.9. The van der Waals surface area contributed by atoms with Gasteiger partial charge in [0.05, 0.1) is 0 Å². The molecule has 0 saturated heterocycles. The van der Waals surface area contributed by atoms with Gasteiger partial charge in [0.2, 0.25) is 0 Å². The van der Waals surface area contributed by atoms with Crippen molar-refractivity contribution in [1.82, 2.24) is 0 Å². The highest BCUT2D eigenvalue weighted by atomic mass is 79.9. The Kier molecular flexibility index (Phi) is 5.72. The van der Waals surface area contributed by atoms with Gasteiger partial charge in [-0.25, -0.2) is 4.79 Å². The molecule has 4 nitrogen and oxygen atoms in total. The van der Waals surface area contributed by atoms with Crippen molar-refractivity contribution in [2.45, 2.75) is 13.3 Å². The molecular formula is C22H18BrNO3. The number of carbonyl (C=O) groups is 2. The van der Waals surface area contributed by atoms with Crippen LogP contribution in [0.4, 0.5) is 5.69 Å². The Morgan fingerprint density at radius 3 is 2.59 bits per heavy atom. The largest absolute Gasteiger partial charge is 0.478 e. The number of amides is 1. The third-order valence-corrected chi connectivity index (χ3v) is 4.67. The topological polar surface area (TPSA) is 66.4 Å². The summed E-state index contributed by atoms with van der Waals surface area (Å²) in [6, 6.07) is 18.6. The number of fused-ring (bicyclic) bond motifs is 1. The lowest BCUT2D eigenvalue weighted by Gasteiger charge is -2.10. The van der Waals surface area contributed by atoms with E-state index in [9.17, 15) is 14.7 Å². The van der Waals surface area contributed by atoms with Gasteiger partial charge in [-0.15, -0.1) is 0 Å². The second kappa shape index (κ2) is 8.18. The number of carbonyl (C=O) groups excluding carboxylic acids is 1. The maximum absolute atomic E-state index is 12.8. The monoisotopic (exact) mass is 423 g/mol. The van der Waals surface area contributed by atoms with Crippen molar-refractivity contribution in [3.8, 4) is 0 Å². The van der Waals surface area contributed by atoms with E-state index in [-0.39, 0.29) is 5.91 Å². The van der Waals surface area contributed by atoms with Crippen LogP contribution in [0.15, 0.2) is 70.7 Å². The first-order valence-corrected chi connectivity index (χ1v) is 9.31. The maximum atomic E-state index is 12.8. The van der Waals surface area contributed by atoms with Crippen molar-refractivity contribution >= 4 is 50.3 Å². The number of rotatable bonds is 5. The van der Waals surface area contributed by atoms with E-state index in [1.165, 1.54) is 0 Å². The summed E-state index contributed by atoms with van der Waals surface area (Å²) in [6.07, 6.45) is 2.04. The van der Waals surface area contributed by atoms with Crippen LogP contribution < -0.4 is 5.32 Å². The second-order valence-corrected chi connectivity index (χ2v) is 7.00. The number of hydrogen-bond acceptors (Lipinski definition) is 2. The fourth-order valence-electron chi connectivity index (χ4n) is 2.88. The summed E-state index contributed by atoms with van der Waals surface area (Å²) in [5.74, 6) is -1.16. The smallest absolute Gasteiger partial charge is 0.331 e. The number of hydrogen-bond donors (Lipinski definition) is 2. The molecule has 0 fully saturated rings. The van der Waals surface area contributed by atoms with Gasteiger partial charge in [0, 0.05) is 21.3 Å². The van der Waals surface area contributed by atoms with E-state index in [0.717, 1.165) is 20.8 Å². The van der Waals surface area contributed by atoms with E-state index >= 15 is 0 Å². The van der Waals surface area contributed by atoms with Crippen LogP contribution in [0.1, 0.15) is 29.3 Å². The molecule has 0 aliphatic rings.